The molecule has 0 saturated heterocycles. The van der Waals surface area contributed by atoms with E-state index in [1.807, 2.05) is 60.8 Å². The van der Waals surface area contributed by atoms with Crippen molar-refractivity contribution in [2.24, 2.45) is 0 Å². The minimum atomic E-state index is -0.368. The summed E-state index contributed by atoms with van der Waals surface area (Å²) in [5.41, 5.74) is 3.34. The van der Waals surface area contributed by atoms with Crippen LogP contribution in [0.5, 0.6) is 5.75 Å². The van der Waals surface area contributed by atoms with Crippen LogP contribution in [0.3, 0.4) is 0 Å². The number of ether oxygens (including phenoxy) is 1. The summed E-state index contributed by atoms with van der Waals surface area (Å²) >= 11 is 1.44. The van der Waals surface area contributed by atoms with E-state index in [0.717, 1.165) is 28.0 Å². The Kier molecular flexibility index (Phi) is 3.86. The molecule has 0 bridgehead atoms. The number of hydrogen-bond acceptors (Lipinski definition) is 5. The zero-order chi connectivity index (χ0) is 17.4. The Morgan fingerprint density at radius 2 is 1.68 bits per heavy atom. The van der Waals surface area contributed by atoms with E-state index in [9.17, 15) is 4.79 Å². The standard InChI is InChI=1S/C20H15NO3S/c1-12-3-5-14(6-4-12)18-21-19-17(20(22)24-18)16(11-25-19)13-7-9-15(23-2)10-8-13/h3-11H,1-2H3. The lowest BCUT2D eigenvalue weighted by Gasteiger charge is -2.03. The van der Waals surface area contributed by atoms with Crippen molar-refractivity contribution < 1.29 is 9.15 Å². The van der Waals surface area contributed by atoms with E-state index in [-0.39, 0.29) is 5.63 Å². The number of rotatable bonds is 3. The van der Waals surface area contributed by atoms with Gasteiger partial charge in [0.2, 0.25) is 5.89 Å². The highest BCUT2D eigenvalue weighted by molar-refractivity contribution is 7.17. The number of fused-ring (bicyclic) bond motifs is 1. The highest BCUT2D eigenvalue weighted by Crippen LogP contribution is 2.33. The molecule has 0 fully saturated rings. The molecule has 5 heteroatoms. The Labute approximate surface area is 148 Å². The molecule has 0 amide bonds. The van der Waals surface area contributed by atoms with Gasteiger partial charge < -0.3 is 9.15 Å². The largest absolute Gasteiger partial charge is 0.497 e. The number of methoxy groups -OCH3 is 1. The first-order chi connectivity index (χ1) is 12.2. The van der Waals surface area contributed by atoms with Crippen LogP contribution in [0.2, 0.25) is 0 Å². The second-order valence-electron chi connectivity index (χ2n) is 5.73. The smallest absolute Gasteiger partial charge is 0.348 e. The van der Waals surface area contributed by atoms with Gasteiger partial charge in [-0.3, -0.25) is 0 Å². The van der Waals surface area contributed by atoms with Gasteiger partial charge in [-0.2, -0.15) is 0 Å². The first-order valence-corrected chi connectivity index (χ1v) is 8.67. The zero-order valence-electron chi connectivity index (χ0n) is 13.8. The minimum absolute atomic E-state index is 0.348. The topological polar surface area (TPSA) is 52.3 Å². The van der Waals surface area contributed by atoms with E-state index in [0.29, 0.717) is 16.1 Å². The lowest BCUT2D eigenvalue weighted by Crippen LogP contribution is -2.02. The van der Waals surface area contributed by atoms with Gasteiger partial charge >= 0.3 is 5.63 Å². The average molecular weight is 349 g/mol. The lowest BCUT2D eigenvalue weighted by molar-refractivity contribution is 0.415. The van der Waals surface area contributed by atoms with Crippen LogP contribution in [0.4, 0.5) is 0 Å². The molecule has 2 heterocycles. The van der Waals surface area contributed by atoms with Gasteiger partial charge in [-0.05, 0) is 36.8 Å². The summed E-state index contributed by atoms with van der Waals surface area (Å²) in [4.78, 5) is 17.8. The summed E-state index contributed by atoms with van der Waals surface area (Å²) in [5, 5.41) is 2.46. The van der Waals surface area contributed by atoms with Crippen molar-refractivity contribution in [3.05, 3.63) is 69.9 Å². The molecule has 2 aromatic heterocycles. The number of benzene rings is 2. The molecular weight excluding hydrogens is 334 g/mol. The monoisotopic (exact) mass is 349 g/mol. The molecule has 0 N–H and O–H groups in total. The van der Waals surface area contributed by atoms with Gasteiger partial charge in [0, 0.05) is 16.5 Å². The summed E-state index contributed by atoms with van der Waals surface area (Å²) < 4.78 is 10.7. The molecule has 4 nitrogen and oxygen atoms in total. The Hall–Kier alpha value is -2.92. The van der Waals surface area contributed by atoms with Crippen LogP contribution in [-0.2, 0) is 0 Å². The molecule has 0 unspecified atom stereocenters. The average Bonchev–Trinajstić information content (AvgIpc) is 3.07. The van der Waals surface area contributed by atoms with Crippen LogP contribution in [0.1, 0.15) is 5.56 Å². The molecule has 124 valence electrons. The molecular formula is C20H15NO3S. The lowest BCUT2D eigenvalue weighted by atomic mass is 10.1. The van der Waals surface area contributed by atoms with Crippen molar-refractivity contribution in [3.8, 4) is 28.3 Å². The highest BCUT2D eigenvalue weighted by atomic mass is 32.1. The fourth-order valence-corrected chi connectivity index (χ4v) is 3.61. The van der Waals surface area contributed by atoms with Crippen molar-refractivity contribution in [1.82, 2.24) is 4.98 Å². The fraction of sp³-hybridized carbons (Fsp3) is 0.100. The van der Waals surface area contributed by atoms with E-state index >= 15 is 0 Å². The number of thiophene rings is 1. The van der Waals surface area contributed by atoms with Crippen molar-refractivity contribution in [2.75, 3.05) is 7.11 Å². The van der Waals surface area contributed by atoms with Crippen LogP contribution in [0.15, 0.2) is 63.1 Å². The third-order valence-corrected chi connectivity index (χ3v) is 4.94. The van der Waals surface area contributed by atoms with Gasteiger partial charge in [0.25, 0.3) is 0 Å². The number of aromatic nitrogens is 1. The summed E-state index contributed by atoms with van der Waals surface area (Å²) in [7, 11) is 1.63. The van der Waals surface area contributed by atoms with Crippen LogP contribution in [-0.4, -0.2) is 12.1 Å². The van der Waals surface area contributed by atoms with E-state index in [2.05, 4.69) is 4.98 Å². The van der Waals surface area contributed by atoms with Crippen LogP contribution < -0.4 is 10.4 Å². The van der Waals surface area contributed by atoms with Crippen molar-refractivity contribution in [3.63, 3.8) is 0 Å². The number of hydrogen-bond donors (Lipinski definition) is 0. The number of aryl methyl sites for hydroxylation is 1. The molecule has 0 aliphatic rings. The van der Waals surface area contributed by atoms with Gasteiger partial charge in [0.05, 0.1) is 7.11 Å². The molecule has 0 radical (unpaired) electrons. The van der Waals surface area contributed by atoms with Crippen LogP contribution >= 0.6 is 11.3 Å². The van der Waals surface area contributed by atoms with E-state index < -0.39 is 0 Å². The van der Waals surface area contributed by atoms with Gasteiger partial charge in [-0.15, -0.1) is 11.3 Å². The van der Waals surface area contributed by atoms with Crippen molar-refractivity contribution >= 4 is 21.6 Å². The zero-order valence-corrected chi connectivity index (χ0v) is 14.6. The SMILES string of the molecule is COc1ccc(-c2csc3nc(-c4ccc(C)cc4)oc(=O)c23)cc1. The second kappa shape index (κ2) is 6.18. The molecule has 2 aromatic carbocycles. The molecule has 4 rings (SSSR count). The maximum Gasteiger partial charge on any atom is 0.348 e. The summed E-state index contributed by atoms with van der Waals surface area (Å²) in [6.07, 6.45) is 0. The normalized spacial score (nSPS) is 11.0. The molecule has 0 atom stereocenters. The van der Waals surface area contributed by atoms with E-state index in [1.54, 1.807) is 7.11 Å². The first-order valence-electron chi connectivity index (χ1n) is 7.79. The number of nitrogens with zero attached hydrogens (tertiary/aromatic N) is 1. The van der Waals surface area contributed by atoms with Gasteiger partial charge in [0.1, 0.15) is 16.0 Å². The Bertz CT molecular complexity index is 1090. The molecule has 0 saturated carbocycles. The quantitative estimate of drug-likeness (QED) is 0.528. The molecule has 0 aliphatic heterocycles. The van der Waals surface area contributed by atoms with Crippen LogP contribution in [0.25, 0.3) is 32.8 Å². The highest BCUT2D eigenvalue weighted by Gasteiger charge is 2.15. The van der Waals surface area contributed by atoms with E-state index in [1.165, 1.54) is 11.3 Å². The van der Waals surface area contributed by atoms with Gasteiger partial charge in [-0.1, -0.05) is 29.8 Å². The molecule has 0 aliphatic carbocycles. The Morgan fingerprint density at radius 3 is 2.36 bits per heavy atom. The summed E-state index contributed by atoms with van der Waals surface area (Å²) in [6, 6.07) is 15.3. The van der Waals surface area contributed by atoms with Crippen LogP contribution in [0, 0.1) is 6.92 Å². The maximum absolute atomic E-state index is 12.6. The first kappa shape index (κ1) is 15.6. The minimum Gasteiger partial charge on any atom is -0.497 e. The van der Waals surface area contributed by atoms with E-state index in [4.69, 9.17) is 9.15 Å². The Morgan fingerprint density at radius 1 is 1.00 bits per heavy atom. The van der Waals surface area contributed by atoms with Gasteiger partial charge in [-0.25, -0.2) is 9.78 Å². The summed E-state index contributed by atoms with van der Waals surface area (Å²) in [6.45, 7) is 2.01. The second-order valence-corrected chi connectivity index (χ2v) is 6.59. The molecule has 4 aromatic rings. The maximum atomic E-state index is 12.6. The van der Waals surface area contributed by atoms with Crippen molar-refractivity contribution in [1.29, 1.82) is 0 Å². The molecule has 0 spiro atoms. The Balaban J connectivity index is 1.84. The van der Waals surface area contributed by atoms with Crippen molar-refractivity contribution in [2.45, 2.75) is 6.92 Å². The predicted octanol–water partition coefficient (Wildman–Crippen LogP) is 4.90. The third-order valence-electron chi connectivity index (χ3n) is 4.07. The predicted molar refractivity (Wildman–Crippen MR) is 100 cm³/mol. The fourth-order valence-electron chi connectivity index (χ4n) is 2.68. The van der Waals surface area contributed by atoms with Gasteiger partial charge in [0.15, 0.2) is 0 Å². The third kappa shape index (κ3) is 2.83. The summed E-state index contributed by atoms with van der Waals surface area (Å²) in [5.74, 6) is 1.12. The molecule has 25 heavy (non-hydrogen) atoms.